The molecular weight excluding hydrogens is 424 g/mol. The van der Waals surface area contributed by atoms with Gasteiger partial charge in [-0.3, -0.25) is 4.79 Å². The van der Waals surface area contributed by atoms with Crippen LogP contribution in [0.2, 0.25) is 0 Å². The average Bonchev–Trinajstić information content (AvgIpc) is 3.46. The van der Waals surface area contributed by atoms with Gasteiger partial charge < -0.3 is 23.9 Å². The first-order valence-corrected chi connectivity index (χ1v) is 10.4. The molecular formula is C25H20N2O6. The van der Waals surface area contributed by atoms with E-state index in [0.717, 1.165) is 5.76 Å². The predicted octanol–water partition coefficient (Wildman–Crippen LogP) is 4.72. The third-order valence-electron chi connectivity index (χ3n) is 5.22. The maximum Gasteiger partial charge on any atom is 0.339 e. The van der Waals surface area contributed by atoms with Crippen molar-refractivity contribution in [1.29, 1.82) is 0 Å². The van der Waals surface area contributed by atoms with E-state index < -0.39 is 18.0 Å². The van der Waals surface area contributed by atoms with Crippen molar-refractivity contribution < 1.29 is 28.2 Å². The third kappa shape index (κ3) is 4.10. The van der Waals surface area contributed by atoms with Crippen LogP contribution in [-0.2, 0) is 9.53 Å². The number of furan rings is 1. The van der Waals surface area contributed by atoms with Crippen LogP contribution < -0.4 is 14.8 Å². The number of nitrogens with one attached hydrogen (secondary N) is 1. The van der Waals surface area contributed by atoms with E-state index in [9.17, 15) is 9.59 Å². The molecule has 5 rings (SSSR count). The van der Waals surface area contributed by atoms with E-state index in [2.05, 4.69) is 10.3 Å². The molecule has 0 spiro atoms. The number of hydrogen-bond acceptors (Lipinski definition) is 7. The van der Waals surface area contributed by atoms with E-state index >= 15 is 0 Å². The Morgan fingerprint density at radius 1 is 1.03 bits per heavy atom. The minimum absolute atomic E-state index is 0.139. The zero-order valence-electron chi connectivity index (χ0n) is 18.0. The lowest BCUT2D eigenvalue weighted by atomic mass is 10.1. The molecule has 166 valence electrons. The zero-order valence-corrected chi connectivity index (χ0v) is 18.0. The van der Waals surface area contributed by atoms with Gasteiger partial charge in [0, 0.05) is 17.1 Å². The number of nitrogens with zero attached hydrogens (tertiary/aromatic N) is 1. The molecule has 2 aromatic heterocycles. The van der Waals surface area contributed by atoms with Gasteiger partial charge in [-0.05, 0) is 50.2 Å². The molecule has 1 aliphatic rings. The number of aromatic nitrogens is 1. The fraction of sp³-hybridized carbons (Fsp3) is 0.160. The van der Waals surface area contributed by atoms with E-state index in [1.165, 1.54) is 6.92 Å². The lowest BCUT2D eigenvalue weighted by molar-refractivity contribution is -0.123. The minimum atomic E-state index is -1.04. The van der Waals surface area contributed by atoms with Gasteiger partial charge in [-0.1, -0.05) is 18.2 Å². The first-order valence-electron chi connectivity index (χ1n) is 10.4. The molecule has 8 nitrogen and oxygen atoms in total. The van der Waals surface area contributed by atoms with E-state index in [4.69, 9.17) is 18.6 Å². The summed E-state index contributed by atoms with van der Waals surface area (Å²) >= 11 is 0. The summed E-state index contributed by atoms with van der Waals surface area (Å²) in [6, 6.07) is 17.5. The van der Waals surface area contributed by atoms with Gasteiger partial charge >= 0.3 is 5.97 Å². The molecule has 0 saturated heterocycles. The summed E-state index contributed by atoms with van der Waals surface area (Å²) in [7, 11) is 0. The van der Waals surface area contributed by atoms with E-state index in [-0.39, 0.29) is 6.79 Å². The Balaban J connectivity index is 1.37. The van der Waals surface area contributed by atoms with Crippen LogP contribution in [0.4, 0.5) is 5.69 Å². The number of rotatable bonds is 5. The SMILES string of the molecule is Cc1ccc(-c2cc(C(=O)OC(C)C(=O)Nc3ccc4c(c3)OCO4)c3ccccc3n2)o1. The number of hydrogen-bond donors (Lipinski definition) is 1. The summed E-state index contributed by atoms with van der Waals surface area (Å²) in [4.78, 5) is 30.3. The first-order chi connectivity index (χ1) is 16.0. The second-order valence-electron chi connectivity index (χ2n) is 7.59. The van der Waals surface area contributed by atoms with Crippen LogP contribution in [0.25, 0.3) is 22.4 Å². The van der Waals surface area contributed by atoms with Gasteiger partial charge in [0.1, 0.15) is 11.5 Å². The highest BCUT2D eigenvalue weighted by Gasteiger charge is 2.23. The van der Waals surface area contributed by atoms with Crippen LogP contribution in [0.1, 0.15) is 23.0 Å². The number of benzene rings is 2. The molecule has 0 saturated carbocycles. The topological polar surface area (TPSA) is 99.9 Å². The normalized spacial score (nSPS) is 13.0. The number of carbonyl (C=O) groups excluding carboxylic acids is 2. The smallest absolute Gasteiger partial charge is 0.339 e. The summed E-state index contributed by atoms with van der Waals surface area (Å²) in [5, 5.41) is 3.35. The number of fused-ring (bicyclic) bond motifs is 2. The third-order valence-corrected chi connectivity index (χ3v) is 5.22. The summed E-state index contributed by atoms with van der Waals surface area (Å²) in [5.41, 5.74) is 1.93. The Bertz CT molecular complexity index is 1380. The van der Waals surface area contributed by atoms with Crippen LogP contribution in [0.3, 0.4) is 0 Å². The van der Waals surface area contributed by atoms with E-state index in [0.29, 0.717) is 45.1 Å². The highest BCUT2D eigenvalue weighted by atomic mass is 16.7. The number of aryl methyl sites for hydroxylation is 1. The fourth-order valence-corrected chi connectivity index (χ4v) is 3.54. The Kier molecular flexibility index (Phi) is 5.18. The maximum atomic E-state index is 13.1. The van der Waals surface area contributed by atoms with Crippen LogP contribution in [0.5, 0.6) is 11.5 Å². The first kappa shape index (κ1) is 20.6. The standard InChI is InChI=1S/C25H20N2O6/c1-14-7-9-21(32-14)20-12-18(17-5-3-4-6-19(17)27-20)25(29)33-15(2)24(28)26-16-8-10-22-23(11-16)31-13-30-22/h3-12,15H,13H2,1-2H3,(H,26,28). The van der Waals surface area contributed by atoms with E-state index in [1.807, 2.05) is 25.1 Å². The predicted molar refractivity (Wildman–Crippen MR) is 120 cm³/mol. The molecule has 0 fully saturated rings. The molecule has 1 N–H and O–H groups in total. The lowest BCUT2D eigenvalue weighted by Crippen LogP contribution is -2.30. The van der Waals surface area contributed by atoms with Gasteiger partial charge in [0.05, 0.1) is 11.1 Å². The van der Waals surface area contributed by atoms with Crippen molar-refractivity contribution in [3.8, 4) is 23.0 Å². The van der Waals surface area contributed by atoms with Crippen molar-refractivity contribution in [2.24, 2.45) is 0 Å². The van der Waals surface area contributed by atoms with Crippen molar-refractivity contribution in [2.45, 2.75) is 20.0 Å². The Morgan fingerprint density at radius 3 is 2.67 bits per heavy atom. The molecule has 0 radical (unpaired) electrons. The minimum Gasteiger partial charge on any atom is -0.460 e. The van der Waals surface area contributed by atoms with Gasteiger partial charge in [-0.25, -0.2) is 9.78 Å². The van der Waals surface area contributed by atoms with Crippen molar-refractivity contribution in [3.63, 3.8) is 0 Å². The Hall–Kier alpha value is -4.33. The molecule has 33 heavy (non-hydrogen) atoms. The fourth-order valence-electron chi connectivity index (χ4n) is 3.54. The van der Waals surface area contributed by atoms with Crippen molar-refractivity contribution in [1.82, 2.24) is 4.98 Å². The quantitative estimate of drug-likeness (QED) is 0.445. The highest BCUT2D eigenvalue weighted by Crippen LogP contribution is 2.34. The molecule has 4 aromatic rings. The van der Waals surface area contributed by atoms with E-state index in [1.54, 1.807) is 42.5 Å². The molecule has 0 aliphatic carbocycles. The monoisotopic (exact) mass is 444 g/mol. The molecule has 1 amide bonds. The van der Waals surface area contributed by atoms with Crippen LogP contribution >= 0.6 is 0 Å². The highest BCUT2D eigenvalue weighted by molar-refractivity contribution is 6.05. The molecule has 3 heterocycles. The number of anilines is 1. The van der Waals surface area contributed by atoms with Crippen LogP contribution in [0.15, 0.2) is 65.1 Å². The molecule has 1 atom stereocenters. The number of ether oxygens (including phenoxy) is 3. The second-order valence-corrected chi connectivity index (χ2v) is 7.59. The number of carbonyl (C=O) groups is 2. The van der Waals surface area contributed by atoms with Crippen LogP contribution in [0, 0.1) is 6.92 Å². The van der Waals surface area contributed by atoms with Gasteiger partial charge in [0.2, 0.25) is 6.79 Å². The van der Waals surface area contributed by atoms with Crippen molar-refractivity contribution in [2.75, 3.05) is 12.1 Å². The number of para-hydroxylation sites is 1. The lowest BCUT2D eigenvalue weighted by Gasteiger charge is -2.15. The number of pyridine rings is 1. The molecule has 1 aliphatic heterocycles. The van der Waals surface area contributed by atoms with Gasteiger partial charge in [0.25, 0.3) is 5.91 Å². The van der Waals surface area contributed by atoms with Crippen molar-refractivity contribution in [3.05, 3.63) is 72.0 Å². The zero-order chi connectivity index (χ0) is 22.9. The van der Waals surface area contributed by atoms with Gasteiger partial charge in [0.15, 0.2) is 23.4 Å². The largest absolute Gasteiger partial charge is 0.460 e. The molecule has 1 unspecified atom stereocenters. The van der Waals surface area contributed by atoms with Gasteiger partial charge in [-0.2, -0.15) is 0 Å². The van der Waals surface area contributed by atoms with Gasteiger partial charge in [-0.15, -0.1) is 0 Å². The maximum absolute atomic E-state index is 13.1. The summed E-state index contributed by atoms with van der Waals surface area (Å²) in [6.07, 6.45) is -1.04. The molecule has 0 bridgehead atoms. The van der Waals surface area contributed by atoms with Crippen molar-refractivity contribution >= 4 is 28.5 Å². The Morgan fingerprint density at radius 2 is 1.85 bits per heavy atom. The summed E-state index contributed by atoms with van der Waals surface area (Å²) in [6.45, 7) is 3.49. The molecule has 8 heteroatoms. The summed E-state index contributed by atoms with van der Waals surface area (Å²) < 4.78 is 21.8. The average molecular weight is 444 g/mol. The Labute approximate surface area is 189 Å². The van der Waals surface area contributed by atoms with Crippen LogP contribution in [-0.4, -0.2) is 29.8 Å². The molecule has 2 aromatic carbocycles. The number of esters is 1. The summed E-state index contributed by atoms with van der Waals surface area (Å²) in [5.74, 6) is 1.33. The second kappa shape index (κ2) is 8.31. The number of amides is 1.